The number of ketones is 2. The predicted molar refractivity (Wildman–Crippen MR) is 86.1 cm³/mol. The van der Waals surface area contributed by atoms with Crippen molar-refractivity contribution in [2.24, 2.45) is 0 Å². The molecule has 0 bridgehead atoms. The Morgan fingerprint density at radius 2 is 1.65 bits per heavy atom. The summed E-state index contributed by atoms with van der Waals surface area (Å²) in [5.74, 6) is -0.388. The molecule has 1 aliphatic rings. The minimum absolute atomic E-state index is 0.0942. The highest BCUT2D eigenvalue weighted by atomic mass is 16.3. The molecule has 118 valence electrons. The van der Waals surface area contributed by atoms with Gasteiger partial charge in [-0.1, -0.05) is 30.3 Å². The number of aliphatic hydroxyl groups is 2. The van der Waals surface area contributed by atoms with Crippen molar-refractivity contribution in [1.29, 1.82) is 0 Å². The molecule has 0 saturated carbocycles. The highest BCUT2D eigenvalue weighted by Gasteiger charge is 2.32. The van der Waals surface area contributed by atoms with E-state index in [9.17, 15) is 14.7 Å². The van der Waals surface area contributed by atoms with Crippen molar-refractivity contribution in [1.82, 2.24) is 0 Å². The number of hydrogen-bond donors (Lipinski definition) is 3. The van der Waals surface area contributed by atoms with Crippen LogP contribution in [0.4, 0.5) is 5.69 Å². The van der Waals surface area contributed by atoms with Crippen LogP contribution in [0.25, 0.3) is 0 Å². The molecule has 2 aromatic rings. The fraction of sp³-hybridized carbons (Fsp3) is 0.222. The zero-order chi connectivity index (χ0) is 16.6. The van der Waals surface area contributed by atoms with Crippen molar-refractivity contribution in [3.8, 4) is 0 Å². The van der Waals surface area contributed by atoms with Crippen molar-refractivity contribution < 1.29 is 19.8 Å². The van der Waals surface area contributed by atoms with Gasteiger partial charge < -0.3 is 15.5 Å². The van der Waals surface area contributed by atoms with Crippen LogP contribution < -0.4 is 5.32 Å². The van der Waals surface area contributed by atoms with Gasteiger partial charge in [-0.3, -0.25) is 9.59 Å². The maximum atomic E-state index is 12.8. The molecule has 3 rings (SSSR count). The van der Waals surface area contributed by atoms with Gasteiger partial charge >= 0.3 is 0 Å². The minimum atomic E-state index is -0.938. The number of hydrogen-bond acceptors (Lipinski definition) is 5. The molecule has 1 atom stereocenters. The van der Waals surface area contributed by atoms with Gasteiger partial charge in [-0.2, -0.15) is 0 Å². The summed E-state index contributed by atoms with van der Waals surface area (Å²) in [6.45, 7) is 1.54. The van der Waals surface area contributed by atoms with E-state index in [-0.39, 0.29) is 24.7 Å². The molecule has 1 unspecified atom stereocenters. The molecule has 5 heteroatoms. The fourth-order valence-electron chi connectivity index (χ4n) is 2.80. The van der Waals surface area contributed by atoms with Crippen LogP contribution in [-0.2, 0) is 0 Å². The second-order valence-electron chi connectivity index (χ2n) is 5.60. The van der Waals surface area contributed by atoms with E-state index in [1.807, 2.05) is 6.92 Å². The molecular formula is C18H17NO4. The summed E-state index contributed by atoms with van der Waals surface area (Å²) in [4.78, 5) is 25.5. The number of carbonyl (C=O) groups is 2. The van der Waals surface area contributed by atoms with Crippen molar-refractivity contribution in [2.75, 3.05) is 18.5 Å². The molecule has 0 fully saturated rings. The van der Waals surface area contributed by atoms with E-state index in [0.717, 1.165) is 5.56 Å². The van der Waals surface area contributed by atoms with E-state index in [4.69, 9.17) is 5.11 Å². The third-order valence-electron chi connectivity index (χ3n) is 4.03. The molecule has 0 aromatic heterocycles. The molecule has 0 radical (unpaired) electrons. The van der Waals surface area contributed by atoms with E-state index >= 15 is 0 Å². The highest BCUT2D eigenvalue weighted by molar-refractivity contribution is 6.30. The van der Waals surface area contributed by atoms with Crippen LogP contribution in [-0.4, -0.2) is 41.0 Å². The molecule has 3 N–H and O–H groups in total. The van der Waals surface area contributed by atoms with E-state index in [1.54, 1.807) is 36.4 Å². The van der Waals surface area contributed by atoms with Gasteiger partial charge in [0.05, 0.1) is 18.3 Å². The SMILES string of the molecule is Cc1ccc2c(c1NCC(O)CO)C(=O)c1ccccc1C2=O. The second-order valence-corrected chi connectivity index (χ2v) is 5.60. The van der Waals surface area contributed by atoms with E-state index in [0.29, 0.717) is 27.9 Å². The fourth-order valence-corrected chi connectivity index (χ4v) is 2.80. The third kappa shape index (κ3) is 2.54. The first-order valence-electron chi connectivity index (χ1n) is 7.39. The molecule has 0 heterocycles. The minimum Gasteiger partial charge on any atom is -0.394 e. The van der Waals surface area contributed by atoms with Gasteiger partial charge in [0.25, 0.3) is 0 Å². The molecule has 0 spiro atoms. The number of aryl methyl sites for hydroxylation is 1. The highest BCUT2D eigenvalue weighted by Crippen LogP contribution is 2.33. The zero-order valence-electron chi connectivity index (χ0n) is 12.7. The van der Waals surface area contributed by atoms with Gasteiger partial charge in [-0.05, 0) is 18.6 Å². The number of benzene rings is 2. The lowest BCUT2D eigenvalue weighted by molar-refractivity contribution is 0.0978. The standard InChI is InChI=1S/C18H17NO4/c1-10-6-7-14-15(16(10)19-8-11(21)9-20)18(23)13-5-3-2-4-12(13)17(14)22/h2-7,11,19-21H,8-9H2,1H3. The third-order valence-corrected chi connectivity index (χ3v) is 4.03. The van der Waals surface area contributed by atoms with Crippen LogP contribution in [0, 0.1) is 6.92 Å². The molecule has 0 amide bonds. The van der Waals surface area contributed by atoms with Crippen LogP contribution >= 0.6 is 0 Å². The van der Waals surface area contributed by atoms with Crippen molar-refractivity contribution in [3.63, 3.8) is 0 Å². The Balaban J connectivity index is 2.11. The van der Waals surface area contributed by atoms with E-state index < -0.39 is 6.10 Å². The van der Waals surface area contributed by atoms with Crippen LogP contribution in [0.5, 0.6) is 0 Å². The number of fused-ring (bicyclic) bond motifs is 2. The van der Waals surface area contributed by atoms with Gasteiger partial charge in [0.2, 0.25) is 0 Å². The summed E-state index contributed by atoms with van der Waals surface area (Å²) in [5.41, 5.74) is 2.83. The Hall–Kier alpha value is -2.50. The number of anilines is 1. The molecule has 0 saturated heterocycles. The summed E-state index contributed by atoms with van der Waals surface area (Å²) in [7, 11) is 0. The molecular weight excluding hydrogens is 294 g/mol. The quantitative estimate of drug-likeness (QED) is 0.680. The van der Waals surface area contributed by atoms with Gasteiger partial charge in [0.15, 0.2) is 11.6 Å². The Labute approximate surface area is 133 Å². The lowest BCUT2D eigenvalue weighted by Crippen LogP contribution is -2.27. The molecule has 1 aliphatic carbocycles. The van der Waals surface area contributed by atoms with Gasteiger partial charge in [-0.25, -0.2) is 0 Å². The first kappa shape index (κ1) is 15.4. The summed E-state index contributed by atoms with van der Waals surface area (Å²) >= 11 is 0. The number of rotatable bonds is 4. The molecule has 0 aliphatic heterocycles. The van der Waals surface area contributed by atoms with Crippen molar-refractivity contribution >= 4 is 17.3 Å². The normalized spacial score (nSPS) is 14.2. The predicted octanol–water partition coefficient (Wildman–Crippen LogP) is 1.54. The maximum Gasteiger partial charge on any atom is 0.196 e. The smallest absolute Gasteiger partial charge is 0.196 e. The first-order valence-corrected chi connectivity index (χ1v) is 7.39. The first-order chi connectivity index (χ1) is 11.0. The monoisotopic (exact) mass is 311 g/mol. The Kier molecular flexibility index (Phi) is 3.98. The number of nitrogens with one attached hydrogen (secondary N) is 1. The number of aliphatic hydroxyl groups excluding tert-OH is 2. The van der Waals surface area contributed by atoms with Gasteiger partial charge in [0.1, 0.15) is 0 Å². The largest absolute Gasteiger partial charge is 0.394 e. The summed E-state index contributed by atoms with van der Waals surface area (Å²) < 4.78 is 0. The average Bonchev–Trinajstić information content (AvgIpc) is 2.58. The Morgan fingerprint density at radius 1 is 1.00 bits per heavy atom. The lowest BCUT2D eigenvalue weighted by Gasteiger charge is -2.23. The Bertz CT molecular complexity index is 798. The van der Waals surface area contributed by atoms with Gasteiger partial charge in [-0.15, -0.1) is 0 Å². The maximum absolute atomic E-state index is 12.8. The van der Waals surface area contributed by atoms with Crippen LogP contribution in [0.1, 0.15) is 37.4 Å². The average molecular weight is 311 g/mol. The van der Waals surface area contributed by atoms with Gasteiger partial charge in [0, 0.05) is 28.9 Å². The summed E-state index contributed by atoms with van der Waals surface area (Å²) in [5, 5.41) is 21.4. The lowest BCUT2D eigenvalue weighted by atomic mass is 9.82. The van der Waals surface area contributed by atoms with Crippen LogP contribution in [0.3, 0.4) is 0 Å². The van der Waals surface area contributed by atoms with Crippen LogP contribution in [0.15, 0.2) is 36.4 Å². The Morgan fingerprint density at radius 3 is 2.30 bits per heavy atom. The second kappa shape index (κ2) is 5.95. The zero-order valence-corrected chi connectivity index (χ0v) is 12.7. The number of carbonyl (C=O) groups excluding carboxylic acids is 2. The topological polar surface area (TPSA) is 86.6 Å². The molecule has 5 nitrogen and oxygen atoms in total. The summed E-state index contributed by atoms with van der Waals surface area (Å²) in [6, 6.07) is 10.2. The van der Waals surface area contributed by atoms with Crippen LogP contribution in [0.2, 0.25) is 0 Å². The van der Waals surface area contributed by atoms with Crippen molar-refractivity contribution in [2.45, 2.75) is 13.0 Å². The molecule has 23 heavy (non-hydrogen) atoms. The van der Waals surface area contributed by atoms with E-state index in [2.05, 4.69) is 5.32 Å². The van der Waals surface area contributed by atoms with Crippen molar-refractivity contribution in [3.05, 3.63) is 64.2 Å². The van der Waals surface area contributed by atoms with E-state index in [1.165, 1.54) is 0 Å². The molecule has 2 aromatic carbocycles. The summed E-state index contributed by atoms with van der Waals surface area (Å²) in [6.07, 6.45) is -0.938.